The van der Waals surface area contributed by atoms with E-state index in [2.05, 4.69) is 15.3 Å². The van der Waals surface area contributed by atoms with E-state index in [-0.39, 0.29) is 23.2 Å². The smallest absolute Gasteiger partial charge is 0.295 e. The van der Waals surface area contributed by atoms with Crippen molar-refractivity contribution in [2.75, 3.05) is 23.3 Å². The number of halogens is 1. The first-order valence-electron chi connectivity index (χ1n) is 11.7. The van der Waals surface area contributed by atoms with Gasteiger partial charge in [-0.2, -0.15) is 0 Å². The number of fused-ring (bicyclic) bond motifs is 1. The third-order valence-corrected chi connectivity index (χ3v) is 6.41. The van der Waals surface area contributed by atoms with Gasteiger partial charge in [-0.3, -0.25) is 14.2 Å². The van der Waals surface area contributed by atoms with Crippen LogP contribution in [0.5, 0.6) is 0 Å². The van der Waals surface area contributed by atoms with Gasteiger partial charge in [0.05, 0.1) is 12.5 Å². The molecule has 4 aromatic rings. The lowest BCUT2D eigenvalue weighted by Crippen LogP contribution is -2.44. The molecule has 0 saturated carbocycles. The summed E-state index contributed by atoms with van der Waals surface area (Å²) in [6.45, 7) is 3.16. The number of nitrogens with zero attached hydrogens (tertiary/aromatic N) is 4. The molecule has 1 aliphatic heterocycles. The van der Waals surface area contributed by atoms with E-state index in [1.165, 1.54) is 12.1 Å². The third kappa shape index (κ3) is 4.77. The summed E-state index contributed by atoms with van der Waals surface area (Å²) < 4.78 is 15.1. The maximum absolute atomic E-state index is 13.6. The standard InChI is InChI=1S/C27H26FN5O2/c1-18-15-21(28)11-12-22(18)31-26(34)20-9-6-14-32(17-20)25-27(35)33(16-19-7-3-2-4-8-19)24-23(30-25)10-5-13-29-24/h2-5,7-8,10-13,15,20H,6,9,14,16-17H2,1H3,(H,31,34). The first-order chi connectivity index (χ1) is 17.0. The summed E-state index contributed by atoms with van der Waals surface area (Å²) in [5.74, 6) is -0.470. The van der Waals surface area contributed by atoms with Crippen LogP contribution in [-0.4, -0.2) is 33.5 Å². The molecule has 35 heavy (non-hydrogen) atoms. The summed E-state index contributed by atoms with van der Waals surface area (Å²) in [7, 11) is 0. The number of aryl methyl sites for hydroxylation is 1. The number of hydrogen-bond acceptors (Lipinski definition) is 5. The average Bonchev–Trinajstić information content (AvgIpc) is 2.88. The molecular weight excluding hydrogens is 445 g/mol. The highest BCUT2D eigenvalue weighted by molar-refractivity contribution is 5.93. The summed E-state index contributed by atoms with van der Waals surface area (Å²) >= 11 is 0. The molecule has 178 valence electrons. The summed E-state index contributed by atoms with van der Waals surface area (Å²) in [5, 5.41) is 2.92. The van der Waals surface area contributed by atoms with E-state index < -0.39 is 0 Å². The first-order valence-corrected chi connectivity index (χ1v) is 11.7. The van der Waals surface area contributed by atoms with Crippen molar-refractivity contribution < 1.29 is 9.18 Å². The summed E-state index contributed by atoms with van der Waals surface area (Å²) in [6, 6.07) is 17.7. The van der Waals surface area contributed by atoms with Crippen LogP contribution in [0.15, 0.2) is 71.7 Å². The number of piperidine rings is 1. The van der Waals surface area contributed by atoms with Gasteiger partial charge in [-0.05, 0) is 61.2 Å². The lowest BCUT2D eigenvalue weighted by molar-refractivity contribution is -0.120. The van der Waals surface area contributed by atoms with E-state index in [0.717, 1.165) is 12.0 Å². The number of anilines is 2. The molecule has 1 atom stereocenters. The molecule has 8 heteroatoms. The van der Waals surface area contributed by atoms with Crippen molar-refractivity contribution in [2.24, 2.45) is 5.92 Å². The maximum atomic E-state index is 13.6. The van der Waals surface area contributed by atoms with Gasteiger partial charge in [-0.1, -0.05) is 30.3 Å². The molecule has 0 bridgehead atoms. The van der Waals surface area contributed by atoms with Crippen LogP contribution in [0.25, 0.3) is 11.2 Å². The fourth-order valence-electron chi connectivity index (χ4n) is 4.57. The Balaban J connectivity index is 1.44. The van der Waals surface area contributed by atoms with E-state index in [1.807, 2.05) is 41.3 Å². The molecule has 0 spiro atoms. The highest BCUT2D eigenvalue weighted by Gasteiger charge is 2.29. The fourth-order valence-corrected chi connectivity index (χ4v) is 4.57. The van der Waals surface area contributed by atoms with Gasteiger partial charge in [0.25, 0.3) is 5.56 Å². The number of pyridine rings is 1. The lowest BCUT2D eigenvalue weighted by atomic mass is 9.97. The number of carbonyl (C=O) groups excluding carboxylic acids is 1. The van der Waals surface area contributed by atoms with Gasteiger partial charge in [-0.25, -0.2) is 14.4 Å². The molecule has 2 aromatic carbocycles. The Bertz CT molecular complexity index is 1440. The van der Waals surface area contributed by atoms with Crippen LogP contribution in [0.1, 0.15) is 24.0 Å². The van der Waals surface area contributed by atoms with Gasteiger partial charge in [0, 0.05) is 25.0 Å². The number of nitrogens with one attached hydrogen (secondary N) is 1. The largest absolute Gasteiger partial charge is 0.351 e. The molecule has 1 N–H and O–H groups in total. The molecule has 1 saturated heterocycles. The summed E-state index contributed by atoms with van der Waals surface area (Å²) in [4.78, 5) is 37.6. The number of hydrogen-bond donors (Lipinski definition) is 1. The summed E-state index contributed by atoms with van der Waals surface area (Å²) in [5.41, 5.74) is 3.18. The van der Waals surface area contributed by atoms with Crippen molar-refractivity contribution >= 4 is 28.6 Å². The van der Waals surface area contributed by atoms with Crippen molar-refractivity contribution in [1.82, 2.24) is 14.5 Å². The normalized spacial score (nSPS) is 15.8. The van der Waals surface area contributed by atoms with Crippen LogP contribution < -0.4 is 15.8 Å². The molecule has 7 nitrogen and oxygen atoms in total. The van der Waals surface area contributed by atoms with Crippen molar-refractivity contribution in [2.45, 2.75) is 26.3 Å². The predicted octanol–water partition coefficient (Wildman–Crippen LogP) is 4.14. The second-order valence-corrected chi connectivity index (χ2v) is 8.89. The molecule has 0 aliphatic carbocycles. The third-order valence-electron chi connectivity index (χ3n) is 6.41. The minimum absolute atomic E-state index is 0.142. The van der Waals surface area contributed by atoms with Crippen molar-refractivity contribution in [3.63, 3.8) is 0 Å². The number of benzene rings is 2. The van der Waals surface area contributed by atoms with Gasteiger partial charge in [-0.15, -0.1) is 0 Å². The van der Waals surface area contributed by atoms with Crippen LogP contribution in [0.4, 0.5) is 15.9 Å². The lowest BCUT2D eigenvalue weighted by Gasteiger charge is -2.32. The van der Waals surface area contributed by atoms with Crippen LogP contribution in [0, 0.1) is 18.7 Å². The second-order valence-electron chi connectivity index (χ2n) is 8.89. The molecule has 3 heterocycles. The van der Waals surface area contributed by atoms with E-state index in [4.69, 9.17) is 0 Å². The molecular formula is C27H26FN5O2. The molecule has 1 unspecified atom stereocenters. The topological polar surface area (TPSA) is 80.1 Å². The van der Waals surface area contributed by atoms with Gasteiger partial charge in [0.1, 0.15) is 11.3 Å². The Kier molecular flexibility index (Phi) is 6.27. The van der Waals surface area contributed by atoms with Crippen LogP contribution in [-0.2, 0) is 11.3 Å². The zero-order chi connectivity index (χ0) is 24.4. The molecule has 2 aromatic heterocycles. The van der Waals surface area contributed by atoms with E-state index in [9.17, 15) is 14.0 Å². The van der Waals surface area contributed by atoms with E-state index in [0.29, 0.717) is 54.3 Å². The zero-order valence-corrected chi connectivity index (χ0v) is 19.4. The Morgan fingerprint density at radius 1 is 1.14 bits per heavy atom. The Labute approximate surface area is 202 Å². The highest BCUT2D eigenvalue weighted by Crippen LogP contribution is 2.24. The fraction of sp³-hybridized carbons (Fsp3) is 0.259. The Morgan fingerprint density at radius 3 is 2.77 bits per heavy atom. The maximum Gasteiger partial charge on any atom is 0.295 e. The molecule has 1 amide bonds. The van der Waals surface area contributed by atoms with Gasteiger partial charge >= 0.3 is 0 Å². The average molecular weight is 472 g/mol. The van der Waals surface area contributed by atoms with E-state index in [1.54, 1.807) is 29.8 Å². The van der Waals surface area contributed by atoms with E-state index >= 15 is 0 Å². The zero-order valence-electron chi connectivity index (χ0n) is 19.4. The summed E-state index contributed by atoms with van der Waals surface area (Å²) in [6.07, 6.45) is 3.12. The highest BCUT2D eigenvalue weighted by atomic mass is 19.1. The Morgan fingerprint density at radius 2 is 1.97 bits per heavy atom. The molecule has 1 aliphatic rings. The van der Waals surface area contributed by atoms with Crippen LogP contribution >= 0.6 is 0 Å². The van der Waals surface area contributed by atoms with Crippen LogP contribution in [0.3, 0.4) is 0 Å². The van der Waals surface area contributed by atoms with Crippen molar-refractivity contribution in [1.29, 1.82) is 0 Å². The molecule has 5 rings (SSSR count). The van der Waals surface area contributed by atoms with Gasteiger partial charge < -0.3 is 10.2 Å². The quantitative estimate of drug-likeness (QED) is 0.473. The first kappa shape index (κ1) is 22.7. The Hall–Kier alpha value is -4.07. The molecule has 1 fully saturated rings. The second kappa shape index (κ2) is 9.66. The monoisotopic (exact) mass is 471 g/mol. The number of aromatic nitrogens is 3. The SMILES string of the molecule is Cc1cc(F)ccc1NC(=O)C1CCCN(c2nc3cccnc3n(Cc3ccccc3)c2=O)C1. The van der Waals surface area contributed by atoms with Crippen molar-refractivity contribution in [3.05, 3.63) is 94.2 Å². The van der Waals surface area contributed by atoms with Gasteiger partial charge in [0.15, 0.2) is 11.5 Å². The predicted molar refractivity (Wildman–Crippen MR) is 134 cm³/mol. The van der Waals surface area contributed by atoms with Crippen molar-refractivity contribution in [3.8, 4) is 0 Å². The molecule has 0 radical (unpaired) electrons. The van der Waals surface area contributed by atoms with Gasteiger partial charge in [0.2, 0.25) is 5.91 Å². The number of carbonyl (C=O) groups is 1. The minimum atomic E-state index is -0.340. The number of amides is 1. The van der Waals surface area contributed by atoms with Crippen LogP contribution in [0.2, 0.25) is 0 Å². The minimum Gasteiger partial charge on any atom is -0.351 e. The number of rotatable bonds is 5.